The third kappa shape index (κ3) is 4.00. The maximum absolute atomic E-state index is 12.6. The van der Waals surface area contributed by atoms with Gasteiger partial charge in [0.2, 0.25) is 0 Å². The van der Waals surface area contributed by atoms with E-state index in [-0.39, 0.29) is 12.6 Å². The summed E-state index contributed by atoms with van der Waals surface area (Å²) in [5.41, 5.74) is 10.2. The Hall–Kier alpha value is -3.33. The number of nitrogens with zero attached hydrogens (tertiary/aromatic N) is 6. The van der Waals surface area contributed by atoms with Crippen LogP contribution in [0, 0.1) is 0 Å². The lowest BCUT2D eigenvalue weighted by molar-refractivity contribution is 0.427. The molecule has 0 radical (unpaired) electrons. The molecule has 5 rings (SSSR count). The van der Waals surface area contributed by atoms with Crippen molar-refractivity contribution in [2.24, 2.45) is 5.73 Å². The van der Waals surface area contributed by atoms with E-state index in [1.165, 1.54) is 0 Å². The van der Waals surface area contributed by atoms with Crippen LogP contribution in [0.4, 0.5) is 10.2 Å². The van der Waals surface area contributed by atoms with E-state index in [1.807, 2.05) is 24.3 Å². The highest BCUT2D eigenvalue weighted by atomic mass is 19.1. The number of pyridine rings is 2. The van der Waals surface area contributed by atoms with Gasteiger partial charge in [0.15, 0.2) is 0 Å². The molecule has 4 aromatic rings. The Labute approximate surface area is 179 Å². The average Bonchev–Trinajstić information content (AvgIpc) is 3.37. The van der Waals surface area contributed by atoms with Crippen molar-refractivity contribution in [3.63, 3.8) is 0 Å². The number of aryl methyl sites for hydroxylation is 1. The van der Waals surface area contributed by atoms with E-state index < -0.39 is 6.67 Å². The monoisotopic (exact) mass is 420 g/mol. The van der Waals surface area contributed by atoms with Crippen LogP contribution in [-0.2, 0) is 6.54 Å². The summed E-state index contributed by atoms with van der Waals surface area (Å²) < 4.78 is 14.2. The minimum Gasteiger partial charge on any atom is -0.355 e. The molecule has 1 unspecified atom stereocenters. The third-order valence-electron chi connectivity index (χ3n) is 5.70. The van der Waals surface area contributed by atoms with Gasteiger partial charge in [-0.15, -0.1) is 0 Å². The lowest BCUT2D eigenvalue weighted by Gasteiger charge is -2.24. The molecule has 3 N–H and O–H groups in total. The highest BCUT2D eigenvalue weighted by Gasteiger charge is 2.18. The normalized spacial score (nSPS) is 17.2. The molecule has 1 aliphatic heterocycles. The van der Waals surface area contributed by atoms with Crippen LogP contribution in [0.1, 0.15) is 19.3 Å². The quantitative estimate of drug-likeness (QED) is 0.514. The molecule has 9 heteroatoms. The molecule has 160 valence electrons. The van der Waals surface area contributed by atoms with E-state index in [9.17, 15) is 4.39 Å². The van der Waals surface area contributed by atoms with Crippen molar-refractivity contribution in [2.45, 2.75) is 31.8 Å². The molecule has 1 saturated heterocycles. The Kier molecular flexibility index (Phi) is 5.33. The van der Waals surface area contributed by atoms with Crippen molar-refractivity contribution in [1.29, 1.82) is 0 Å². The Morgan fingerprint density at radius 1 is 1.19 bits per heavy atom. The number of hydrogen-bond acceptors (Lipinski definition) is 6. The van der Waals surface area contributed by atoms with Crippen LogP contribution in [0.15, 0.2) is 42.9 Å². The predicted octanol–water partition coefficient (Wildman–Crippen LogP) is 3.17. The third-order valence-corrected chi connectivity index (χ3v) is 5.70. The summed E-state index contributed by atoms with van der Waals surface area (Å²) in [4.78, 5) is 11.7. The van der Waals surface area contributed by atoms with Crippen LogP contribution >= 0.6 is 0 Å². The molecule has 0 spiro atoms. The Bertz CT molecular complexity index is 1180. The van der Waals surface area contributed by atoms with Gasteiger partial charge in [0.05, 0.1) is 35.8 Å². The Morgan fingerprint density at radius 2 is 2.13 bits per heavy atom. The van der Waals surface area contributed by atoms with Gasteiger partial charge in [-0.2, -0.15) is 10.2 Å². The highest BCUT2D eigenvalue weighted by Crippen LogP contribution is 2.29. The molecule has 4 aromatic heterocycles. The number of alkyl halides is 1. The van der Waals surface area contributed by atoms with Gasteiger partial charge in [0.1, 0.15) is 18.2 Å². The van der Waals surface area contributed by atoms with Crippen LogP contribution in [0.3, 0.4) is 0 Å². The van der Waals surface area contributed by atoms with Crippen LogP contribution < -0.4 is 10.6 Å². The van der Waals surface area contributed by atoms with Gasteiger partial charge in [-0.1, -0.05) is 12.5 Å². The highest BCUT2D eigenvalue weighted by molar-refractivity contribution is 5.93. The lowest BCUT2D eigenvalue weighted by atomic mass is 10.1. The Balaban J connectivity index is 1.50. The van der Waals surface area contributed by atoms with Crippen molar-refractivity contribution in [2.75, 3.05) is 24.7 Å². The number of halogens is 1. The van der Waals surface area contributed by atoms with Gasteiger partial charge in [-0.05, 0) is 31.0 Å². The smallest absolute Gasteiger partial charge is 0.129 e. The van der Waals surface area contributed by atoms with Gasteiger partial charge in [-0.25, -0.2) is 9.37 Å². The molecule has 5 heterocycles. The number of hydrogen-bond donors (Lipinski definition) is 2. The van der Waals surface area contributed by atoms with Gasteiger partial charge in [-0.3, -0.25) is 14.8 Å². The maximum Gasteiger partial charge on any atom is 0.129 e. The first-order valence-corrected chi connectivity index (χ1v) is 10.6. The first-order valence-electron chi connectivity index (χ1n) is 10.6. The van der Waals surface area contributed by atoms with Crippen molar-refractivity contribution in [3.8, 4) is 22.6 Å². The van der Waals surface area contributed by atoms with E-state index in [2.05, 4.69) is 25.2 Å². The number of anilines is 1. The van der Waals surface area contributed by atoms with Crippen LogP contribution in [0.25, 0.3) is 33.5 Å². The van der Waals surface area contributed by atoms with E-state index >= 15 is 0 Å². The van der Waals surface area contributed by atoms with Crippen molar-refractivity contribution in [1.82, 2.24) is 29.9 Å². The summed E-state index contributed by atoms with van der Waals surface area (Å²) in [5, 5.41) is 12.7. The van der Waals surface area contributed by atoms with Crippen LogP contribution in [0.5, 0.6) is 0 Å². The molecule has 31 heavy (non-hydrogen) atoms. The molecule has 0 bridgehead atoms. The van der Waals surface area contributed by atoms with Gasteiger partial charge >= 0.3 is 0 Å². The molecule has 0 saturated carbocycles. The van der Waals surface area contributed by atoms with E-state index in [4.69, 9.17) is 10.7 Å². The molecule has 8 nitrogen and oxygen atoms in total. The molecule has 1 aliphatic rings. The molecular formula is C22H25FN8. The summed E-state index contributed by atoms with van der Waals surface area (Å²) in [5.74, 6) is 0.924. The number of H-pyrrole nitrogens is 1. The number of nitrogens with two attached hydrogens (primary N) is 1. The topological polar surface area (TPSA) is 102 Å². The summed E-state index contributed by atoms with van der Waals surface area (Å²) in [7, 11) is 0. The standard InChI is InChI=1S/C22H25FN8/c23-7-9-31-13-15(11-26-31)19-10-17-20(12-25-19)28-29-22(17)18-5-3-6-21(27-18)30-8-2-1-4-16(24)14-30/h3,5-6,10-13,16H,1-2,4,7-9,14,24H2,(H,28,29). The molecule has 1 atom stereocenters. The zero-order valence-electron chi connectivity index (χ0n) is 17.2. The van der Waals surface area contributed by atoms with Gasteiger partial charge < -0.3 is 10.6 Å². The molecular weight excluding hydrogens is 395 g/mol. The number of aromatic amines is 1. The summed E-state index contributed by atoms with van der Waals surface area (Å²) >= 11 is 0. The number of rotatable bonds is 5. The minimum absolute atomic E-state index is 0.172. The zero-order chi connectivity index (χ0) is 21.2. The second-order valence-corrected chi connectivity index (χ2v) is 7.95. The van der Waals surface area contributed by atoms with Crippen molar-refractivity contribution >= 4 is 16.7 Å². The fraction of sp³-hybridized carbons (Fsp3) is 0.364. The first-order chi connectivity index (χ1) is 15.2. The van der Waals surface area contributed by atoms with Gasteiger partial charge in [0, 0.05) is 36.3 Å². The van der Waals surface area contributed by atoms with E-state index in [1.54, 1.807) is 23.3 Å². The van der Waals surface area contributed by atoms with Gasteiger partial charge in [0.25, 0.3) is 0 Å². The minimum atomic E-state index is -0.455. The average molecular weight is 420 g/mol. The van der Waals surface area contributed by atoms with Crippen molar-refractivity contribution < 1.29 is 4.39 Å². The zero-order valence-corrected chi connectivity index (χ0v) is 17.2. The van der Waals surface area contributed by atoms with Crippen molar-refractivity contribution in [3.05, 3.63) is 42.9 Å². The second-order valence-electron chi connectivity index (χ2n) is 7.95. The predicted molar refractivity (Wildman–Crippen MR) is 118 cm³/mol. The number of aromatic nitrogens is 6. The largest absolute Gasteiger partial charge is 0.355 e. The fourth-order valence-corrected chi connectivity index (χ4v) is 4.09. The second kappa shape index (κ2) is 8.43. The summed E-state index contributed by atoms with van der Waals surface area (Å²) in [6.07, 6.45) is 8.58. The SMILES string of the molecule is NC1CCCCN(c2cccc(-c3n[nH]c4cnc(-c5cnn(CCF)c5)cc34)n2)C1. The maximum atomic E-state index is 12.6. The number of fused-ring (bicyclic) bond motifs is 1. The van der Waals surface area contributed by atoms with Crippen LogP contribution in [-0.4, -0.2) is 55.8 Å². The molecule has 0 aliphatic carbocycles. The summed E-state index contributed by atoms with van der Waals surface area (Å²) in [6, 6.07) is 8.16. The fourth-order valence-electron chi connectivity index (χ4n) is 4.09. The lowest BCUT2D eigenvalue weighted by Crippen LogP contribution is -2.36. The Morgan fingerprint density at radius 3 is 3.03 bits per heavy atom. The van der Waals surface area contributed by atoms with E-state index in [0.29, 0.717) is 0 Å². The summed E-state index contributed by atoms with van der Waals surface area (Å²) in [6.45, 7) is 1.55. The van der Waals surface area contributed by atoms with Crippen LogP contribution in [0.2, 0.25) is 0 Å². The van der Waals surface area contributed by atoms with E-state index in [0.717, 1.165) is 71.7 Å². The first kappa shape index (κ1) is 19.6. The molecule has 0 amide bonds. The molecule has 0 aromatic carbocycles. The number of nitrogens with one attached hydrogen (secondary N) is 1. The molecule has 1 fully saturated rings.